The van der Waals surface area contributed by atoms with Crippen LogP contribution >= 0.6 is 0 Å². The highest BCUT2D eigenvalue weighted by molar-refractivity contribution is 5.89. The lowest BCUT2D eigenvalue weighted by molar-refractivity contribution is -0.279. The molecule has 5 atom stereocenters. The third-order valence-electron chi connectivity index (χ3n) is 3.13. The Morgan fingerprint density at radius 3 is 2.23 bits per heavy atom. The van der Waals surface area contributed by atoms with Crippen LogP contribution in [0.25, 0.3) is 0 Å². The number of carboxylic acids is 1. The molecule has 0 bridgehead atoms. The SMILES string of the molecule is O=C(O[C@@H]1[C@@H](O)[C@H](O)O[C@H](C(=O)O)[C@H]1O)c1ccc(F)cc1. The lowest BCUT2D eigenvalue weighted by atomic mass is 9.98. The second kappa shape index (κ2) is 6.36. The molecule has 9 heteroatoms. The lowest BCUT2D eigenvalue weighted by Gasteiger charge is -2.38. The van der Waals surface area contributed by atoms with Gasteiger partial charge in [0.15, 0.2) is 18.5 Å². The Kier molecular flexibility index (Phi) is 4.71. The van der Waals surface area contributed by atoms with Crippen molar-refractivity contribution in [3.8, 4) is 0 Å². The van der Waals surface area contributed by atoms with Crippen LogP contribution in [0.15, 0.2) is 24.3 Å². The van der Waals surface area contributed by atoms with Gasteiger partial charge in [0.2, 0.25) is 0 Å². The smallest absolute Gasteiger partial charge is 0.338 e. The second-order valence-electron chi connectivity index (χ2n) is 4.64. The topological polar surface area (TPSA) is 134 Å². The van der Waals surface area contributed by atoms with Crippen molar-refractivity contribution in [3.63, 3.8) is 0 Å². The monoisotopic (exact) mass is 316 g/mol. The molecule has 0 radical (unpaired) electrons. The van der Waals surface area contributed by atoms with Crippen LogP contribution in [0.5, 0.6) is 0 Å². The van der Waals surface area contributed by atoms with Crippen molar-refractivity contribution in [1.82, 2.24) is 0 Å². The molecule has 1 aromatic rings. The van der Waals surface area contributed by atoms with E-state index in [0.717, 1.165) is 24.3 Å². The second-order valence-corrected chi connectivity index (χ2v) is 4.64. The Hall–Kier alpha value is -2.07. The minimum absolute atomic E-state index is 0.0753. The Labute approximate surface area is 123 Å². The number of ether oxygens (including phenoxy) is 2. The quantitative estimate of drug-likeness (QED) is 0.515. The molecule has 1 aromatic carbocycles. The van der Waals surface area contributed by atoms with Crippen molar-refractivity contribution in [1.29, 1.82) is 0 Å². The summed E-state index contributed by atoms with van der Waals surface area (Å²) in [6.07, 6.45) is -9.27. The average Bonchev–Trinajstić information content (AvgIpc) is 2.47. The van der Waals surface area contributed by atoms with Crippen LogP contribution in [0, 0.1) is 5.82 Å². The number of rotatable bonds is 3. The van der Waals surface area contributed by atoms with Gasteiger partial charge in [-0.1, -0.05) is 0 Å². The molecule has 0 amide bonds. The van der Waals surface area contributed by atoms with Crippen LogP contribution in [-0.2, 0) is 14.3 Å². The Morgan fingerprint density at radius 2 is 1.68 bits per heavy atom. The summed E-state index contributed by atoms with van der Waals surface area (Å²) in [5, 5.41) is 37.8. The maximum absolute atomic E-state index is 12.8. The van der Waals surface area contributed by atoms with E-state index in [9.17, 15) is 29.3 Å². The highest BCUT2D eigenvalue weighted by Crippen LogP contribution is 2.23. The number of halogens is 1. The third kappa shape index (κ3) is 3.22. The van der Waals surface area contributed by atoms with Gasteiger partial charge in [-0.05, 0) is 24.3 Å². The number of aliphatic hydroxyl groups is 3. The van der Waals surface area contributed by atoms with Crippen molar-refractivity contribution in [3.05, 3.63) is 35.6 Å². The van der Waals surface area contributed by atoms with Gasteiger partial charge in [0, 0.05) is 0 Å². The van der Waals surface area contributed by atoms with Gasteiger partial charge in [-0.15, -0.1) is 0 Å². The Balaban J connectivity index is 2.16. The summed E-state index contributed by atoms with van der Waals surface area (Å²) >= 11 is 0. The van der Waals surface area contributed by atoms with E-state index in [0.29, 0.717) is 0 Å². The first kappa shape index (κ1) is 16.3. The molecule has 120 valence electrons. The molecular formula is C13H13FO8. The largest absolute Gasteiger partial charge is 0.479 e. The molecule has 0 aliphatic carbocycles. The van der Waals surface area contributed by atoms with Crippen LogP contribution < -0.4 is 0 Å². The summed E-state index contributed by atoms with van der Waals surface area (Å²) in [6, 6.07) is 4.23. The van der Waals surface area contributed by atoms with E-state index in [1.54, 1.807) is 0 Å². The predicted molar refractivity (Wildman–Crippen MR) is 66.1 cm³/mol. The van der Waals surface area contributed by atoms with Gasteiger partial charge in [0.1, 0.15) is 18.0 Å². The summed E-state index contributed by atoms with van der Waals surface area (Å²) in [5.74, 6) is -3.20. The highest BCUT2D eigenvalue weighted by atomic mass is 19.1. The number of hydrogen-bond donors (Lipinski definition) is 4. The zero-order chi connectivity index (χ0) is 16.4. The molecule has 0 aromatic heterocycles. The molecule has 0 saturated carbocycles. The van der Waals surface area contributed by atoms with Crippen LogP contribution in [0.1, 0.15) is 10.4 Å². The minimum atomic E-state index is -1.95. The number of aliphatic hydroxyl groups excluding tert-OH is 3. The van der Waals surface area contributed by atoms with E-state index in [1.807, 2.05) is 0 Å². The maximum atomic E-state index is 12.8. The van der Waals surface area contributed by atoms with Crippen molar-refractivity contribution in [2.45, 2.75) is 30.7 Å². The molecule has 0 spiro atoms. The van der Waals surface area contributed by atoms with Gasteiger partial charge in [-0.2, -0.15) is 0 Å². The van der Waals surface area contributed by atoms with Crippen molar-refractivity contribution >= 4 is 11.9 Å². The summed E-state index contributed by atoms with van der Waals surface area (Å²) in [5.41, 5.74) is -0.0753. The summed E-state index contributed by atoms with van der Waals surface area (Å²) in [4.78, 5) is 22.8. The predicted octanol–water partition coefficient (Wildman–Crippen LogP) is -1.13. The molecule has 0 unspecified atom stereocenters. The molecule has 1 heterocycles. The van der Waals surface area contributed by atoms with E-state index in [-0.39, 0.29) is 5.56 Å². The number of aliphatic carboxylic acids is 1. The van der Waals surface area contributed by atoms with Gasteiger partial charge in [-0.3, -0.25) is 0 Å². The molecule has 4 N–H and O–H groups in total. The van der Waals surface area contributed by atoms with E-state index in [4.69, 9.17) is 9.84 Å². The van der Waals surface area contributed by atoms with E-state index in [2.05, 4.69) is 4.74 Å². The fourth-order valence-corrected chi connectivity index (χ4v) is 1.97. The molecular weight excluding hydrogens is 303 g/mol. The van der Waals surface area contributed by atoms with Crippen LogP contribution in [0.2, 0.25) is 0 Å². The Bertz CT molecular complexity index is 560. The summed E-state index contributed by atoms with van der Waals surface area (Å²) in [7, 11) is 0. The van der Waals surface area contributed by atoms with Gasteiger partial charge >= 0.3 is 11.9 Å². The van der Waals surface area contributed by atoms with Gasteiger partial charge < -0.3 is 29.9 Å². The molecule has 22 heavy (non-hydrogen) atoms. The molecule has 1 aliphatic heterocycles. The molecule has 1 fully saturated rings. The third-order valence-corrected chi connectivity index (χ3v) is 3.13. The van der Waals surface area contributed by atoms with E-state index in [1.165, 1.54) is 0 Å². The Morgan fingerprint density at radius 1 is 1.09 bits per heavy atom. The molecule has 8 nitrogen and oxygen atoms in total. The maximum Gasteiger partial charge on any atom is 0.338 e. The van der Waals surface area contributed by atoms with E-state index >= 15 is 0 Å². The number of benzene rings is 1. The van der Waals surface area contributed by atoms with Gasteiger partial charge in [0.25, 0.3) is 0 Å². The average molecular weight is 316 g/mol. The summed E-state index contributed by atoms with van der Waals surface area (Å²) < 4.78 is 22.1. The zero-order valence-electron chi connectivity index (χ0n) is 11.0. The fourth-order valence-electron chi connectivity index (χ4n) is 1.97. The van der Waals surface area contributed by atoms with Gasteiger partial charge in [-0.25, -0.2) is 14.0 Å². The number of carbonyl (C=O) groups is 2. The van der Waals surface area contributed by atoms with Crippen LogP contribution in [-0.4, -0.2) is 63.1 Å². The number of carbonyl (C=O) groups excluding carboxylic acids is 1. The van der Waals surface area contributed by atoms with Crippen molar-refractivity contribution in [2.75, 3.05) is 0 Å². The number of esters is 1. The first-order chi connectivity index (χ1) is 10.3. The molecule has 2 rings (SSSR count). The van der Waals surface area contributed by atoms with Crippen molar-refractivity contribution < 1.29 is 43.9 Å². The van der Waals surface area contributed by atoms with Crippen LogP contribution in [0.4, 0.5) is 4.39 Å². The number of carboxylic acid groups (broad SMARTS) is 1. The van der Waals surface area contributed by atoms with Crippen molar-refractivity contribution in [2.24, 2.45) is 0 Å². The van der Waals surface area contributed by atoms with E-state index < -0.39 is 48.5 Å². The highest BCUT2D eigenvalue weighted by Gasteiger charge is 2.49. The van der Waals surface area contributed by atoms with Gasteiger partial charge in [0.05, 0.1) is 5.56 Å². The zero-order valence-corrected chi connectivity index (χ0v) is 11.0. The molecule has 1 aliphatic rings. The lowest BCUT2D eigenvalue weighted by Crippen LogP contribution is -2.61. The first-order valence-electron chi connectivity index (χ1n) is 6.20. The summed E-state index contributed by atoms with van der Waals surface area (Å²) in [6.45, 7) is 0. The first-order valence-corrected chi connectivity index (χ1v) is 6.20. The fraction of sp³-hybridized carbons (Fsp3) is 0.385. The standard InChI is InChI=1S/C13H13FO8/c14-6-3-1-5(2-4-6)12(19)21-9-7(15)10(11(17)18)22-13(20)8(9)16/h1-4,7-10,13,15-16,20H,(H,17,18)/t7-,8+,9-,10-,13+/m0/s1. The minimum Gasteiger partial charge on any atom is -0.479 e. The van der Waals surface area contributed by atoms with Crippen LogP contribution in [0.3, 0.4) is 0 Å². The number of hydrogen-bond acceptors (Lipinski definition) is 7. The normalized spacial score (nSPS) is 31.5. The molecule has 1 saturated heterocycles.